The van der Waals surface area contributed by atoms with E-state index >= 15 is 0 Å². The highest BCUT2D eigenvalue weighted by atomic mass is 79.9. The molecule has 3 aromatic rings. The van der Waals surface area contributed by atoms with Gasteiger partial charge >= 0.3 is 0 Å². The highest BCUT2D eigenvalue weighted by molar-refractivity contribution is 9.10. The van der Waals surface area contributed by atoms with E-state index in [1.54, 1.807) is 6.21 Å². The Morgan fingerprint density at radius 1 is 1.17 bits per heavy atom. The number of furan rings is 1. The minimum atomic E-state index is 0.704. The van der Waals surface area contributed by atoms with Crippen LogP contribution in [-0.2, 0) is 0 Å². The Bertz CT molecular complexity index is 884. The quantitative estimate of drug-likeness (QED) is 0.525. The number of nitrogens with zero attached hydrogens (tertiary/aromatic N) is 3. The van der Waals surface area contributed by atoms with Gasteiger partial charge in [0.05, 0.1) is 16.2 Å². The molecule has 1 saturated heterocycles. The van der Waals surface area contributed by atoms with Gasteiger partial charge < -0.3 is 9.32 Å². The van der Waals surface area contributed by atoms with Crippen LogP contribution in [0.15, 0.2) is 56.5 Å². The largest absolute Gasteiger partial charge is 0.438 e. The van der Waals surface area contributed by atoms with E-state index in [2.05, 4.69) is 36.3 Å². The average molecular weight is 385 g/mol. The maximum Gasteiger partial charge on any atom is 0.210 e. The SMILES string of the molecule is Brc1cc(/C=N\Nc2ccc3ccccc3n2)oc1N1CCCC1. The number of benzene rings is 1. The van der Waals surface area contributed by atoms with Crippen molar-refractivity contribution < 1.29 is 4.42 Å². The third-order valence-corrected chi connectivity index (χ3v) is 4.62. The van der Waals surface area contributed by atoms with Crippen molar-refractivity contribution in [3.8, 4) is 0 Å². The molecule has 0 atom stereocenters. The van der Waals surface area contributed by atoms with Crippen molar-refractivity contribution in [3.63, 3.8) is 0 Å². The summed E-state index contributed by atoms with van der Waals surface area (Å²) in [6.07, 6.45) is 4.10. The van der Waals surface area contributed by atoms with E-state index in [1.807, 2.05) is 42.5 Å². The van der Waals surface area contributed by atoms with Gasteiger partial charge in [0.25, 0.3) is 0 Å². The normalized spacial score (nSPS) is 14.8. The second-order valence-electron chi connectivity index (χ2n) is 5.76. The molecule has 5 nitrogen and oxygen atoms in total. The molecule has 122 valence electrons. The molecule has 0 unspecified atom stereocenters. The topological polar surface area (TPSA) is 53.7 Å². The van der Waals surface area contributed by atoms with Crippen LogP contribution in [0.5, 0.6) is 0 Å². The Labute approximate surface area is 148 Å². The van der Waals surface area contributed by atoms with Crippen LogP contribution in [-0.4, -0.2) is 24.3 Å². The van der Waals surface area contributed by atoms with Crippen LogP contribution < -0.4 is 10.3 Å². The summed E-state index contributed by atoms with van der Waals surface area (Å²) in [5.41, 5.74) is 3.89. The predicted molar refractivity (Wildman–Crippen MR) is 101 cm³/mol. The van der Waals surface area contributed by atoms with Crippen LogP contribution in [0.3, 0.4) is 0 Å². The van der Waals surface area contributed by atoms with Gasteiger partial charge in [0, 0.05) is 24.5 Å². The van der Waals surface area contributed by atoms with Crippen molar-refractivity contribution >= 4 is 44.7 Å². The molecule has 0 aliphatic carbocycles. The van der Waals surface area contributed by atoms with E-state index in [4.69, 9.17) is 4.42 Å². The number of nitrogens with one attached hydrogen (secondary N) is 1. The number of aromatic nitrogens is 1. The number of hydrogen-bond acceptors (Lipinski definition) is 5. The van der Waals surface area contributed by atoms with E-state index in [0.29, 0.717) is 11.6 Å². The van der Waals surface area contributed by atoms with Crippen molar-refractivity contribution in [1.29, 1.82) is 0 Å². The highest BCUT2D eigenvalue weighted by Gasteiger charge is 2.19. The molecule has 0 radical (unpaired) electrons. The Hall–Kier alpha value is -2.34. The van der Waals surface area contributed by atoms with Crippen LogP contribution in [0, 0.1) is 0 Å². The second kappa shape index (κ2) is 6.65. The number of pyridine rings is 1. The first-order valence-electron chi connectivity index (χ1n) is 7.99. The zero-order valence-corrected chi connectivity index (χ0v) is 14.7. The van der Waals surface area contributed by atoms with Gasteiger partial charge in [-0.2, -0.15) is 5.10 Å². The van der Waals surface area contributed by atoms with Gasteiger partial charge in [-0.05, 0) is 47.0 Å². The Morgan fingerprint density at radius 3 is 2.88 bits per heavy atom. The summed E-state index contributed by atoms with van der Waals surface area (Å²) in [5, 5.41) is 5.34. The minimum absolute atomic E-state index is 0.704. The minimum Gasteiger partial charge on any atom is -0.438 e. The average Bonchev–Trinajstić information content (AvgIpc) is 3.24. The molecule has 2 aromatic heterocycles. The van der Waals surface area contributed by atoms with Gasteiger partial charge in [0.2, 0.25) is 5.88 Å². The van der Waals surface area contributed by atoms with Crippen LogP contribution in [0.1, 0.15) is 18.6 Å². The lowest BCUT2D eigenvalue weighted by Gasteiger charge is -2.13. The van der Waals surface area contributed by atoms with Gasteiger partial charge in [0.1, 0.15) is 5.82 Å². The molecular weight excluding hydrogens is 368 g/mol. The number of hydrazone groups is 1. The van der Waals surface area contributed by atoms with E-state index in [-0.39, 0.29) is 0 Å². The van der Waals surface area contributed by atoms with Crippen LogP contribution >= 0.6 is 15.9 Å². The predicted octanol–water partition coefficient (Wildman–Crippen LogP) is 4.64. The van der Waals surface area contributed by atoms with Crippen molar-refractivity contribution in [3.05, 3.63) is 52.7 Å². The third kappa shape index (κ3) is 3.14. The van der Waals surface area contributed by atoms with E-state index < -0.39 is 0 Å². The van der Waals surface area contributed by atoms with E-state index in [0.717, 1.165) is 34.3 Å². The van der Waals surface area contributed by atoms with Crippen LogP contribution in [0.2, 0.25) is 0 Å². The molecule has 0 spiro atoms. The molecule has 1 aliphatic heterocycles. The number of anilines is 2. The third-order valence-electron chi connectivity index (χ3n) is 4.05. The van der Waals surface area contributed by atoms with Crippen LogP contribution in [0.25, 0.3) is 10.9 Å². The van der Waals surface area contributed by atoms with Crippen LogP contribution in [0.4, 0.5) is 11.7 Å². The zero-order chi connectivity index (χ0) is 16.4. The summed E-state index contributed by atoms with van der Waals surface area (Å²) in [4.78, 5) is 6.77. The molecule has 3 heterocycles. The molecule has 6 heteroatoms. The summed E-state index contributed by atoms with van der Waals surface area (Å²) in [6, 6.07) is 13.9. The number of fused-ring (bicyclic) bond motifs is 1. The number of halogens is 1. The molecule has 24 heavy (non-hydrogen) atoms. The smallest absolute Gasteiger partial charge is 0.210 e. The molecule has 1 aliphatic rings. The van der Waals surface area contributed by atoms with Gasteiger partial charge in [-0.15, -0.1) is 0 Å². The van der Waals surface area contributed by atoms with E-state index in [1.165, 1.54) is 12.8 Å². The molecule has 0 bridgehead atoms. The first kappa shape index (κ1) is 15.2. The fourth-order valence-electron chi connectivity index (χ4n) is 2.87. The molecule has 1 fully saturated rings. The lowest BCUT2D eigenvalue weighted by molar-refractivity contribution is 0.549. The molecule has 1 aromatic carbocycles. The first-order valence-corrected chi connectivity index (χ1v) is 8.78. The standard InChI is InChI=1S/C18H17BrN4O/c19-15-11-14(24-18(15)23-9-3-4-10-23)12-20-22-17-8-7-13-5-1-2-6-16(13)21-17/h1-2,5-8,11-12H,3-4,9-10H2,(H,21,22)/b20-12-. The molecule has 1 N–H and O–H groups in total. The summed E-state index contributed by atoms with van der Waals surface area (Å²) in [5.74, 6) is 2.30. The zero-order valence-electron chi connectivity index (χ0n) is 13.1. The van der Waals surface area contributed by atoms with Gasteiger partial charge in [0.15, 0.2) is 5.76 Å². The maximum atomic E-state index is 5.88. The Balaban J connectivity index is 1.47. The molecule has 0 saturated carbocycles. The lowest BCUT2D eigenvalue weighted by Crippen LogP contribution is -2.17. The number of hydrogen-bond donors (Lipinski definition) is 1. The van der Waals surface area contributed by atoms with E-state index in [9.17, 15) is 0 Å². The molecular formula is C18H17BrN4O. The summed E-state index contributed by atoms with van der Waals surface area (Å²) >= 11 is 3.56. The lowest BCUT2D eigenvalue weighted by atomic mass is 10.2. The monoisotopic (exact) mass is 384 g/mol. The molecule has 4 rings (SSSR count). The summed E-state index contributed by atoms with van der Waals surface area (Å²) in [7, 11) is 0. The second-order valence-corrected chi connectivity index (χ2v) is 6.61. The number of rotatable bonds is 4. The fourth-order valence-corrected chi connectivity index (χ4v) is 3.42. The van der Waals surface area contributed by atoms with Crippen molar-refractivity contribution in [2.24, 2.45) is 5.10 Å². The fraction of sp³-hybridized carbons (Fsp3) is 0.222. The Morgan fingerprint density at radius 2 is 2.00 bits per heavy atom. The van der Waals surface area contributed by atoms with Crippen molar-refractivity contribution in [2.45, 2.75) is 12.8 Å². The number of para-hydroxylation sites is 1. The maximum absolute atomic E-state index is 5.88. The van der Waals surface area contributed by atoms with Crippen molar-refractivity contribution in [1.82, 2.24) is 4.98 Å². The first-order chi connectivity index (χ1) is 11.8. The Kier molecular flexibility index (Phi) is 4.21. The highest BCUT2D eigenvalue weighted by Crippen LogP contribution is 2.31. The van der Waals surface area contributed by atoms with Gasteiger partial charge in [-0.25, -0.2) is 4.98 Å². The van der Waals surface area contributed by atoms with Crippen molar-refractivity contribution in [2.75, 3.05) is 23.4 Å². The van der Waals surface area contributed by atoms with Gasteiger partial charge in [-0.1, -0.05) is 18.2 Å². The van der Waals surface area contributed by atoms with Gasteiger partial charge in [-0.3, -0.25) is 5.43 Å². The summed E-state index contributed by atoms with van der Waals surface area (Å²) < 4.78 is 6.84. The molecule has 0 amide bonds. The summed E-state index contributed by atoms with van der Waals surface area (Å²) in [6.45, 7) is 2.09.